The van der Waals surface area contributed by atoms with Gasteiger partial charge in [-0.05, 0) is 55.1 Å². The Morgan fingerprint density at radius 3 is 2.69 bits per heavy atom. The normalized spacial score (nSPS) is 16.9. The van der Waals surface area contributed by atoms with E-state index in [2.05, 4.69) is 44.7 Å². The molecule has 0 radical (unpaired) electrons. The molecule has 1 saturated carbocycles. The lowest BCUT2D eigenvalue weighted by molar-refractivity contribution is -0.113. The van der Waals surface area contributed by atoms with Gasteiger partial charge >= 0.3 is 0 Å². The van der Waals surface area contributed by atoms with Crippen molar-refractivity contribution in [3.05, 3.63) is 53.4 Å². The molecular weight excluding hydrogens is 583 g/mol. The number of hydrogen-bond donors (Lipinski definition) is 2. The van der Waals surface area contributed by atoms with Crippen LogP contribution in [0.25, 0.3) is 5.76 Å². The van der Waals surface area contributed by atoms with Crippen LogP contribution in [0.15, 0.2) is 47.1 Å². The van der Waals surface area contributed by atoms with E-state index in [1.165, 1.54) is 19.2 Å². The zero-order chi connectivity index (χ0) is 25.2. The van der Waals surface area contributed by atoms with E-state index in [0.717, 1.165) is 46.8 Å². The highest BCUT2D eigenvalue weighted by atomic mass is 127. The van der Waals surface area contributed by atoms with Gasteiger partial charge in [-0.3, -0.25) is 14.0 Å². The maximum Gasteiger partial charge on any atom is 0.277 e. The van der Waals surface area contributed by atoms with Crippen LogP contribution in [0.3, 0.4) is 0 Å². The van der Waals surface area contributed by atoms with Crippen molar-refractivity contribution in [2.75, 3.05) is 43.0 Å². The Balaban J connectivity index is 1.56. The maximum absolute atomic E-state index is 13.1. The van der Waals surface area contributed by atoms with Crippen molar-refractivity contribution >= 4 is 50.1 Å². The number of hydrogen-bond acceptors (Lipinski definition) is 7. The Bertz CT molecular complexity index is 1230. The number of alkyl halides is 1. The van der Waals surface area contributed by atoms with Gasteiger partial charge in [0.25, 0.3) is 15.9 Å². The molecule has 2 heterocycles. The number of amides is 1. The monoisotopic (exact) mass is 612 g/mol. The van der Waals surface area contributed by atoms with Crippen LogP contribution in [-0.2, 0) is 14.8 Å². The van der Waals surface area contributed by atoms with E-state index in [0.29, 0.717) is 18.3 Å². The third-order valence-electron chi connectivity index (χ3n) is 6.20. The topological polar surface area (TPSA) is 112 Å². The van der Waals surface area contributed by atoms with Gasteiger partial charge in [0, 0.05) is 36.3 Å². The summed E-state index contributed by atoms with van der Waals surface area (Å²) < 4.78 is 33.8. The highest BCUT2D eigenvalue weighted by Gasteiger charge is 2.38. The predicted molar refractivity (Wildman–Crippen MR) is 142 cm³/mol. The number of sulfonamides is 1. The molecule has 0 atom stereocenters. The largest absolute Gasteiger partial charge is 0.505 e. The lowest BCUT2D eigenvalue weighted by Crippen LogP contribution is -2.37. The molecule has 1 amide bonds. The number of carbonyl (C=O) groups is 1. The number of carbonyl (C=O) groups excluding carboxylic acids is 1. The van der Waals surface area contributed by atoms with Gasteiger partial charge in [0.1, 0.15) is 18.2 Å². The van der Waals surface area contributed by atoms with Gasteiger partial charge in [-0.1, -0.05) is 35.6 Å². The van der Waals surface area contributed by atoms with Crippen molar-refractivity contribution in [3.8, 4) is 5.75 Å². The minimum absolute atomic E-state index is 0.0300. The molecule has 0 saturated heterocycles. The quantitative estimate of drug-likeness (QED) is 0.312. The molecule has 2 aromatic rings. The van der Waals surface area contributed by atoms with Gasteiger partial charge in [0.2, 0.25) is 0 Å². The summed E-state index contributed by atoms with van der Waals surface area (Å²) in [5.41, 5.74) is 0.768. The number of anilines is 1. The third-order valence-corrected chi connectivity index (χ3v) is 8.50. The van der Waals surface area contributed by atoms with E-state index < -0.39 is 21.7 Å². The standard InChI is InChI=1S/C24H29IN4O5S/c1-3-29(11-10-25)12-13-34-18-7-8-20-19(14-18)23(30)22(28(2)35(20,32)33)24(31)27-21-9-6-17(15-26-21)16-4-5-16/h6-9,14-16,30H,3-5,10-13H2,1-2H3,(H,26,27,31). The zero-order valence-corrected chi connectivity index (χ0v) is 22.7. The number of aliphatic hydroxyl groups excluding tert-OH is 1. The third kappa shape index (κ3) is 5.56. The number of aromatic nitrogens is 1. The number of nitrogens with zero attached hydrogens (tertiary/aromatic N) is 3. The number of halogens is 1. The minimum atomic E-state index is -4.04. The second kappa shape index (κ2) is 10.7. The van der Waals surface area contributed by atoms with Crippen LogP contribution in [0.1, 0.15) is 36.8 Å². The van der Waals surface area contributed by atoms with E-state index in [1.807, 2.05) is 6.07 Å². The number of fused-ring (bicyclic) bond motifs is 1. The summed E-state index contributed by atoms with van der Waals surface area (Å²) in [5, 5.41) is 13.6. The number of nitrogens with one attached hydrogen (secondary N) is 1. The van der Waals surface area contributed by atoms with E-state index >= 15 is 0 Å². The van der Waals surface area contributed by atoms with Crippen molar-refractivity contribution in [3.63, 3.8) is 0 Å². The highest BCUT2D eigenvalue weighted by molar-refractivity contribution is 14.1. The second-order valence-corrected chi connectivity index (χ2v) is 11.5. The van der Waals surface area contributed by atoms with Crippen LogP contribution in [0.2, 0.25) is 0 Å². The van der Waals surface area contributed by atoms with Gasteiger partial charge in [-0.15, -0.1) is 0 Å². The lowest BCUT2D eigenvalue weighted by Gasteiger charge is -2.28. The van der Waals surface area contributed by atoms with E-state index in [-0.39, 0.29) is 22.0 Å². The van der Waals surface area contributed by atoms with Gasteiger partial charge in [0.15, 0.2) is 11.5 Å². The van der Waals surface area contributed by atoms with Crippen LogP contribution in [-0.4, -0.2) is 71.3 Å². The molecule has 4 rings (SSSR count). The summed E-state index contributed by atoms with van der Waals surface area (Å²) in [4.78, 5) is 19.4. The van der Waals surface area contributed by atoms with Crippen molar-refractivity contribution in [1.29, 1.82) is 0 Å². The maximum atomic E-state index is 13.1. The van der Waals surface area contributed by atoms with Crippen LogP contribution < -0.4 is 10.1 Å². The van der Waals surface area contributed by atoms with Crippen LogP contribution >= 0.6 is 22.6 Å². The van der Waals surface area contributed by atoms with Crippen LogP contribution in [0.4, 0.5) is 5.82 Å². The van der Waals surface area contributed by atoms with Gasteiger partial charge in [-0.2, -0.15) is 0 Å². The lowest BCUT2D eigenvalue weighted by atomic mass is 10.1. The molecule has 0 bridgehead atoms. The fourth-order valence-electron chi connectivity index (χ4n) is 3.96. The SMILES string of the molecule is CCN(CCI)CCOc1ccc2c(c1)C(O)=C(C(=O)Nc1ccc(C3CC3)cn1)N(C)S2(=O)=O. The predicted octanol–water partition coefficient (Wildman–Crippen LogP) is 3.59. The molecule has 0 spiro atoms. The number of pyridine rings is 1. The molecule has 188 valence electrons. The molecule has 9 nitrogen and oxygen atoms in total. The van der Waals surface area contributed by atoms with Gasteiger partial charge < -0.3 is 15.2 Å². The number of rotatable bonds is 10. The fourth-order valence-corrected chi connectivity index (χ4v) is 6.02. The molecule has 1 aromatic carbocycles. The Morgan fingerprint density at radius 2 is 2.06 bits per heavy atom. The fraction of sp³-hybridized carbons (Fsp3) is 0.417. The van der Waals surface area contributed by atoms with Crippen molar-refractivity contribution < 1.29 is 23.1 Å². The second-order valence-electron chi connectivity index (χ2n) is 8.50. The molecular formula is C24H29IN4O5S. The summed E-state index contributed by atoms with van der Waals surface area (Å²) >= 11 is 2.33. The molecule has 35 heavy (non-hydrogen) atoms. The first-order valence-corrected chi connectivity index (χ1v) is 14.5. The summed E-state index contributed by atoms with van der Waals surface area (Å²) in [6, 6.07) is 7.98. The first-order valence-electron chi connectivity index (χ1n) is 11.5. The first-order chi connectivity index (χ1) is 16.8. The summed E-state index contributed by atoms with van der Waals surface area (Å²) in [7, 11) is -2.80. The average Bonchev–Trinajstić information content (AvgIpc) is 3.68. The molecule has 0 unspecified atom stereocenters. The highest BCUT2D eigenvalue weighted by Crippen LogP contribution is 2.40. The molecule has 2 aliphatic rings. The first kappa shape index (κ1) is 25.7. The Labute approximate surface area is 219 Å². The zero-order valence-electron chi connectivity index (χ0n) is 19.7. The van der Waals surface area contributed by atoms with E-state index in [1.54, 1.807) is 18.3 Å². The minimum Gasteiger partial charge on any atom is -0.505 e. The summed E-state index contributed by atoms with van der Waals surface area (Å²) in [6.07, 6.45) is 3.98. The molecule has 1 aliphatic heterocycles. The van der Waals surface area contributed by atoms with Gasteiger partial charge in [-0.25, -0.2) is 13.4 Å². The van der Waals surface area contributed by atoms with Gasteiger partial charge in [0.05, 0.1) is 4.90 Å². The van der Waals surface area contributed by atoms with E-state index in [4.69, 9.17) is 4.74 Å². The Morgan fingerprint density at radius 1 is 1.29 bits per heavy atom. The molecule has 2 N–H and O–H groups in total. The average molecular weight is 612 g/mol. The molecule has 1 aliphatic carbocycles. The van der Waals surface area contributed by atoms with Crippen LogP contribution in [0, 0.1) is 0 Å². The van der Waals surface area contributed by atoms with Crippen molar-refractivity contribution in [2.45, 2.75) is 30.6 Å². The molecule has 11 heteroatoms. The Kier molecular flexibility index (Phi) is 7.86. The smallest absolute Gasteiger partial charge is 0.277 e. The molecule has 1 fully saturated rings. The number of benzene rings is 1. The Hall–Kier alpha value is -2.38. The van der Waals surface area contributed by atoms with E-state index in [9.17, 15) is 18.3 Å². The molecule has 1 aromatic heterocycles. The number of aliphatic hydroxyl groups is 1. The number of ether oxygens (including phenoxy) is 1. The summed E-state index contributed by atoms with van der Waals surface area (Å²) in [6.45, 7) is 5.07. The van der Waals surface area contributed by atoms with Crippen molar-refractivity contribution in [2.24, 2.45) is 0 Å². The van der Waals surface area contributed by atoms with Crippen molar-refractivity contribution in [1.82, 2.24) is 14.2 Å². The summed E-state index contributed by atoms with van der Waals surface area (Å²) in [5.74, 6) is 0.0143. The van der Waals surface area contributed by atoms with Crippen LogP contribution in [0.5, 0.6) is 5.75 Å². The number of likely N-dealkylation sites (N-methyl/N-ethyl adjacent to an activating group) is 2.